The van der Waals surface area contributed by atoms with Crippen LogP contribution in [-0.2, 0) is 4.79 Å². The van der Waals surface area contributed by atoms with E-state index in [1.165, 1.54) is 4.90 Å². The van der Waals surface area contributed by atoms with Crippen molar-refractivity contribution in [1.29, 1.82) is 0 Å². The molecule has 2 amide bonds. The third-order valence-corrected chi connectivity index (χ3v) is 5.18. The van der Waals surface area contributed by atoms with Crippen molar-refractivity contribution in [2.24, 2.45) is 0 Å². The van der Waals surface area contributed by atoms with Gasteiger partial charge in [0.05, 0.1) is 11.6 Å². The number of anilines is 1. The normalized spacial score (nSPS) is 16.0. The Kier molecular flexibility index (Phi) is 5.16. The van der Waals surface area contributed by atoms with Gasteiger partial charge in [0.2, 0.25) is 0 Å². The first-order valence-corrected chi connectivity index (χ1v) is 8.95. The molecule has 128 valence electrons. The lowest BCUT2D eigenvalue weighted by Gasteiger charge is -2.15. The SMILES string of the molecule is Cc1ccc(/C=C2\SC(=O)N(CNc3ccc(C)c(Cl)c3)C2=O)cc1. The number of hydrogen-bond donors (Lipinski definition) is 1. The summed E-state index contributed by atoms with van der Waals surface area (Å²) in [5, 5.41) is 3.42. The highest BCUT2D eigenvalue weighted by Crippen LogP contribution is 2.32. The number of rotatable bonds is 4. The molecule has 1 N–H and O–H groups in total. The van der Waals surface area contributed by atoms with Gasteiger partial charge >= 0.3 is 0 Å². The van der Waals surface area contributed by atoms with E-state index < -0.39 is 0 Å². The van der Waals surface area contributed by atoms with Crippen LogP contribution in [0.15, 0.2) is 47.4 Å². The molecule has 4 nitrogen and oxygen atoms in total. The highest BCUT2D eigenvalue weighted by Gasteiger charge is 2.34. The largest absolute Gasteiger partial charge is 0.367 e. The number of carbonyl (C=O) groups is 2. The molecule has 0 atom stereocenters. The van der Waals surface area contributed by atoms with E-state index in [0.717, 1.165) is 34.1 Å². The van der Waals surface area contributed by atoms with Crippen molar-refractivity contribution in [3.05, 3.63) is 69.1 Å². The zero-order chi connectivity index (χ0) is 18.0. The fourth-order valence-electron chi connectivity index (χ4n) is 2.32. The van der Waals surface area contributed by atoms with E-state index >= 15 is 0 Å². The molecule has 0 bridgehead atoms. The van der Waals surface area contributed by atoms with Crippen molar-refractivity contribution in [1.82, 2.24) is 4.90 Å². The third-order valence-electron chi connectivity index (χ3n) is 3.86. The van der Waals surface area contributed by atoms with Crippen LogP contribution >= 0.6 is 23.4 Å². The lowest BCUT2D eigenvalue weighted by molar-refractivity contribution is -0.122. The Morgan fingerprint density at radius 3 is 2.52 bits per heavy atom. The molecule has 1 heterocycles. The van der Waals surface area contributed by atoms with Gasteiger partial charge in [-0.25, -0.2) is 0 Å². The number of hydrogen-bond acceptors (Lipinski definition) is 4. The molecule has 1 aliphatic heterocycles. The lowest BCUT2D eigenvalue weighted by atomic mass is 10.1. The van der Waals surface area contributed by atoms with E-state index in [0.29, 0.717) is 9.93 Å². The van der Waals surface area contributed by atoms with Gasteiger partial charge in [0.25, 0.3) is 11.1 Å². The van der Waals surface area contributed by atoms with Crippen LogP contribution in [0.25, 0.3) is 6.08 Å². The van der Waals surface area contributed by atoms with Gasteiger partial charge in [0.1, 0.15) is 0 Å². The van der Waals surface area contributed by atoms with Crippen molar-refractivity contribution < 1.29 is 9.59 Å². The number of benzene rings is 2. The minimum Gasteiger partial charge on any atom is -0.367 e. The van der Waals surface area contributed by atoms with Crippen LogP contribution in [0.1, 0.15) is 16.7 Å². The molecule has 1 saturated heterocycles. The van der Waals surface area contributed by atoms with E-state index in [9.17, 15) is 9.59 Å². The third kappa shape index (κ3) is 4.06. The Hall–Kier alpha value is -2.24. The Labute approximate surface area is 155 Å². The average molecular weight is 373 g/mol. The first kappa shape index (κ1) is 17.6. The summed E-state index contributed by atoms with van der Waals surface area (Å²) < 4.78 is 0. The molecule has 0 radical (unpaired) electrons. The van der Waals surface area contributed by atoms with E-state index in [2.05, 4.69) is 5.32 Å². The summed E-state index contributed by atoms with van der Waals surface area (Å²) >= 11 is 7.04. The number of imide groups is 1. The second kappa shape index (κ2) is 7.33. The lowest BCUT2D eigenvalue weighted by Crippen LogP contribution is -2.33. The predicted octanol–water partition coefficient (Wildman–Crippen LogP) is 5.06. The van der Waals surface area contributed by atoms with Crippen LogP contribution in [0, 0.1) is 13.8 Å². The fraction of sp³-hybridized carbons (Fsp3) is 0.158. The second-order valence-electron chi connectivity index (χ2n) is 5.82. The van der Waals surface area contributed by atoms with Crippen LogP contribution < -0.4 is 5.32 Å². The zero-order valence-corrected chi connectivity index (χ0v) is 15.4. The standard InChI is InChI=1S/C19H17ClN2O2S/c1-12-3-6-14(7-4-12)9-17-18(23)22(19(24)25-17)11-21-15-8-5-13(2)16(20)10-15/h3-10,21H,11H2,1-2H3/b17-9-. The van der Waals surface area contributed by atoms with Crippen LogP contribution in [0.2, 0.25) is 5.02 Å². The number of halogens is 1. The molecule has 0 unspecified atom stereocenters. The van der Waals surface area contributed by atoms with Crippen LogP contribution in [0.3, 0.4) is 0 Å². The zero-order valence-electron chi connectivity index (χ0n) is 13.9. The summed E-state index contributed by atoms with van der Waals surface area (Å²) in [7, 11) is 0. The maximum atomic E-state index is 12.5. The van der Waals surface area contributed by atoms with Gasteiger partial charge in [-0.2, -0.15) is 0 Å². The van der Waals surface area contributed by atoms with E-state index in [1.807, 2.05) is 50.2 Å². The van der Waals surface area contributed by atoms with Crippen molar-refractivity contribution >= 4 is 46.3 Å². The number of nitrogens with one attached hydrogen (secondary N) is 1. The summed E-state index contributed by atoms with van der Waals surface area (Å²) in [5.74, 6) is -0.290. The summed E-state index contributed by atoms with van der Waals surface area (Å²) in [6.45, 7) is 4.02. The van der Waals surface area contributed by atoms with Gasteiger partial charge in [-0.3, -0.25) is 14.5 Å². The molecule has 0 spiro atoms. The van der Waals surface area contributed by atoms with E-state index in [-0.39, 0.29) is 17.8 Å². The fourth-order valence-corrected chi connectivity index (χ4v) is 3.34. The number of amides is 2. The van der Waals surface area contributed by atoms with Gasteiger partial charge < -0.3 is 5.32 Å². The summed E-state index contributed by atoms with van der Waals surface area (Å²) in [6, 6.07) is 13.3. The molecule has 3 rings (SSSR count). The Bertz CT molecular complexity index is 862. The predicted molar refractivity (Wildman–Crippen MR) is 104 cm³/mol. The van der Waals surface area contributed by atoms with Crippen molar-refractivity contribution in [3.8, 4) is 0 Å². The summed E-state index contributed by atoms with van der Waals surface area (Å²) in [5.41, 5.74) is 3.78. The van der Waals surface area contributed by atoms with Crippen molar-refractivity contribution in [2.45, 2.75) is 13.8 Å². The number of aryl methyl sites for hydroxylation is 2. The number of carbonyl (C=O) groups excluding carboxylic acids is 2. The Balaban J connectivity index is 1.70. The molecule has 1 fully saturated rings. The molecule has 0 aliphatic carbocycles. The quantitative estimate of drug-likeness (QED) is 0.762. The first-order chi connectivity index (χ1) is 11.9. The molecule has 25 heavy (non-hydrogen) atoms. The topological polar surface area (TPSA) is 49.4 Å². The van der Waals surface area contributed by atoms with Gasteiger partial charge in [0, 0.05) is 10.7 Å². The van der Waals surface area contributed by atoms with E-state index in [4.69, 9.17) is 11.6 Å². The second-order valence-corrected chi connectivity index (χ2v) is 7.22. The smallest absolute Gasteiger partial charge is 0.295 e. The highest BCUT2D eigenvalue weighted by atomic mass is 35.5. The van der Waals surface area contributed by atoms with Crippen LogP contribution in [0.4, 0.5) is 10.5 Å². The summed E-state index contributed by atoms with van der Waals surface area (Å²) in [4.78, 5) is 26.2. The average Bonchev–Trinajstić information content (AvgIpc) is 2.84. The minimum absolute atomic E-state index is 0.106. The minimum atomic E-state index is -0.290. The molecular weight excluding hydrogens is 356 g/mol. The van der Waals surface area contributed by atoms with Crippen molar-refractivity contribution in [3.63, 3.8) is 0 Å². The van der Waals surface area contributed by atoms with E-state index in [1.54, 1.807) is 12.1 Å². The first-order valence-electron chi connectivity index (χ1n) is 7.76. The van der Waals surface area contributed by atoms with Gasteiger partial charge in [-0.1, -0.05) is 47.5 Å². The van der Waals surface area contributed by atoms with Crippen LogP contribution in [0.5, 0.6) is 0 Å². The number of thioether (sulfide) groups is 1. The Morgan fingerprint density at radius 1 is 1.12 bits per heavy atom. The molecular formula is C19H17ClN2O2S. The maximum absolute atomic E-state index is 12.5. The monoisotopic (exact) mass is 372 g/mol. The van der Waals surface area contributed by atoms with Gasteiger partial charge in [-0.15, -0.1) is 0 Å². The molecule has 0 aromatic heterocycles. The molecule has 6 heteroatoms. The Morgan fingerprint density at radius 2 is 1.84 bits per heavy atom. The number of nitrogens with zero attached hydrogens (tertiary/aromatic N) is 1. The molecule has 1 aliphatic rings. The summed E-state index contributed by atoms with van der Waals surface area (Å²) in [6.07, 6.45) is 1.74. The van der Waals surface area contributed by atoms with Gasteiger partial charge in [0.15, 0.2) is 0 Å². The van der Waals surface area contributed by atoms with Crippen molar-refractivity contribution in [2.75, 3.05) is 12.0 Å². The van der Waals surface area contributed by atoms with Gasteiger partial charge in [-0.05, 0) is 54.9 Å². The molecule has 2 aromatic carbocycles. The molecule has 0 saturated carbocycles. The maximum Gasteiger partial charge on any atom is 0.295 e. The molecule has 2 aromatic rings. The highest BCUT2D eigenvalue weighted by molar-refractivity contribution is 8.18. The van der Waals surface area contributed by atoms with Crippen LogP contribution in [-0.4, -0.2) is 22.7 Å².